The van der Waals surface area contributed by atoms with Crippen molar-refractivity contribution in [3.8, 4) is 0 Å². The average Bonchev–Trinajstić information content (AvgIpc) is 2.81. The number of amides is 3. The van der Waals surface area contributed by atoms with Crippen molar-refractivity contribution in [1.82, 2.24) is 10.2 Å². The second-order valence-electron chi connectivity index (χ2n) is 6.46. The Labute approximate surface area is 136 Å². The molecular formula is C18H22N2O3. The number of nitrogens with zero attached hydrogens (tertiary/aromatic N) is 1. The standard InChI is InChI=1S/C18H22N2O3/c1-12(13-7-3-2-4-8-13)19-16(21)11-20-17(22)14-9-5-6-10-15(14)18(20)23/h2-4,7-8,12,14-15H,5-6,9-11H2,1H3,(H,19,21)/t12-,14+,15+/m1/s1. The van der Waals surface area contributed by atoms with Crippen LogP contribution in [0.1, 0.15) is 44.2 Å². The van der Waals surface area contributed by atoms with E-state index >= 15 is 0 Å². The molecule has 0 bridgehead atoms. The molecule has 1 saturated carbocycles. The lowest BCUT2D eigenvalue weighted by Crippen LogP contribution is -2.41. The van der Waals surface area contributed by atoms with Gasteiger partial charge in [0.1, 0.15) is 6.54 Å². The summed E-state index contributed by atoms with van der Waals surface area (Å²) in [6.45, 7) is 1.72. The summed E-state index contributed by atoms with van der Waals surface area (Å²) in [5.41, 5.74) is 0.994. The van der Waals surface area contributed by atoms with E-state index in [-0.39, 0.29) is 42.1 Å². The molecule has 1 saturated heterocycles. The van der Waals surface area contributed by atoms with Crippen molar-refractivity contribution in [2.75, 3.05) is 6.54 Å². The van der Waals surface area contributed by atoms with Gasteiger partial charge in [-0.05, 0) is 25.3 Å². The molecule has 2 fully saturated rings. The highest BCUT2D eigenvalue weighted by atomic mass is 16.2. The molecule has 1 aliphatic carbocycles. The molecule has 1 heterocycles. The number of carbonyl (C=O) groups is 3. The summed E-state index contributed by atoms with van der Waals surface area (Å²) in [5, 5.41) is 2.86. The van der Waals surface area contributed by atoms with Crippen LogP contribution in [0.3, 0.4) is 0 Å². The van der Waals surface area contributed by atoms with E-state index in [1.54, 1.807) is 0 Å². The predicted molar refractivity (Wildman–Crippen MR) is 85.2 cm³/mol. The fraction of sp³-hybridized carbons (Fsp3) is 0.500. The fourth-order valence-electron chi connectivity index (χ4n) is 3.64. The van der Waals surface area contributed by atoms with Crippen LogP contribution in [0.2, 0.25) is 0 Å². The number of hydrogen-bond acceptors (Lipinski definition) is 3. The molecule has 1 aromatic rings. The normalized spacial score (nSPS) is 25.2. The van der Waals surface area contributed by atoms with Gasteiger partial charge in [0.15, 0.2) is 0 Å². The number of hydrogen-bond donors (Lipinski definition) is 1. The van der Waals surface area contributed by atoms with Crippen LogP contribution in [-0.2, 0) is 14.4 Å². The van der Waals surface area contributed by atoms with Gasteiger partial charge in [-0.3, -0.25) is 19.3 Å². The Morgan fingerprint density at radius 2 is 1.70 bits per heavy atom. The molecule has 0 spiro atoms. The van der Waals surface area contributed by atoms with Gasteiger partial charge in [0, 0.05) is 0 Å². The third kappa shape index (κ3) is 3.14. The molecule has 0 aromatic heterocycles. The first-order valence-corrected chi connectivity index (χ1v) is 8.27. The predicted octanol–water partition coefficient (Wildman–Crippen LogP) is 2.04. The van der Waals surface area contributed by atoms with E-state index in [9.17, 15) is 14.4 Å². The third-order valence-electron chi connectivity index (χ3n) is 4.91. The summed E-state index contributed by atoms with van der Waals surface area (Å²) in [6.07, 6.45) is 3.53. The Kier molecular flexibility index (Phi) is 4.46. The average molecular weight is 314 g/mol. The van der Waals surface area contributed by atoms with Crippen molar-refractivity contribution < 1.29 is 14.4 Å². The van der Waals surface area contributed by atoms with Gasteiger partial charge in [-0.25, -0.2) is 0 Å². The van der Waals surface area contributed by atoms with Gasteiger partial charge in [0.2, 0.25) is 17.7 Å². The first kappa shape index (κ1) is 15.7. The number of imide groups is 1. The summed E-state index contributed by atoms with van der Waals surface area (Å²) < 4.78 is 0. The zero-order valence-corrected chi connectivity index (χ0v) is 13.3. The largest absolute Gasteiger partial charge is 0.348 e. The summed E-state index contributed by atoms with van der Waals surface area (Å²) >= 11 is 0. The van der Waals surface area contributed by atoms with Crippen LogP contribution < -0.4 is 5.32 Å². The highest BCUT2D eigenvalue weighted by molar-refractivity contribution is 6.07. The number of carbonyl (C=O) groups excluding carboxylic acids is 3. The smallest absolute Gasteiger partial charge is 0.240 e. The number of likely N-dealkylation sites (tertiary alicyclic amines) is 1. The molecule has 1 N–H and O–H groups in total. The Morgan fingerprint density at radius 3 is 2.26 bits per heavy atom. The molecule has 1 aromatic carbocycles. The minimum Gasteiger partial charge on any atom is -0.348 e. The topological polar surface area (TPSA) is 66.5 Å². The second-order valence-corrected chi connectivity index (χ2v) is 6.46. The Hall–Kier alpha value is -2.17. The summed E-state index contributed by atoms with van der Waals surface area (Å²) in [6, 6.07) is 9.46. The minimum absolute atomic E-state index is 0.154. The maximum absolute atomic E-state index is 12.4. The Morgan fingerprint density at radius 1 is 1.13 bits per heavy atom. The highest BCUT2D eigenvalue weighted by Crippen LogP contribution is 2.37. The van der Waals surface area contributed by atoms with Gasteiger partial charge in [-0.2, -0.15) is 0 Å². The molecular weight excluding hydrogens is 292 g/mol. The van der Waals surface area contributed by atoms with Crippen molar-refractivity contribution in [2.24, 2.45) is 11.8 Å². The number of benzene rings is 1. The third-order valence-corrected chi connectivity index (χ3v) is 4.91. The lowest BCUT2D eigenvalue weighted by molar-refractivity contribution is -0.143. The molecule has 23 heavy (non-hydrogen) atoms. The van der Waals surface area contributed by atoms with E-state index in [4.69, 9.17) is 0 Å². The van der Waals surface area contributed by atoms with Gasteiger partial charge in [0.05, 0.1) is 17.9 Å². The Balaban J connectivity index is 1.61. The lowest BCUT2D eigenvalue weighted by atomic mass is 9.81. The molecule has 122 valence electrons. The second kappa shape index (κ2) is 6.52. The number of rotatable bonds is 4. The zero-order chi connectivity index (χ0) is 16.4. The molecule has 3 atom stereocenters. The van der Waals surface area contributed by atoms with E-state index in [0.717, 1.165) is 36.1 Å². The van der Waals surface area contributed by atoms with Gasteiger partial charge >= 0.3 is 0 Å². The van der Waals surface area contributed by atoms with Gasteiger partial charge in [-0.1, -0.05) is 43.2 Å². The quantitative estimate of drug-likeness (QED) is 0.865. The van der Waals surface area contributed by atoms with Gasteiger partial charge in [-0.15, -0.1) is 0 Å². The van der Waals surface area contributed by atoms with Crippen molar-refractivity contribution >= 4 is 17.7 Å². The monoisotopic (exact) mass is 314 g/mol. The van der Waals surface area contributed by atoms with E-state index < -0.39 is 0 Å². The maximum atomic E-state index is 12.4. The van der Waals surface area contributed by atoms with Crippen molar-refractivity contribution in [3.63, 3.8) is 0 Å². The fourth-order valence-corrected chi connectivity index (χ4v) is 3.64. The first-order valence-electron chi connectivity index (χ1n) is 8.27. The SMILES string of the molecule is C[C@@H](NC(=O)CN1C(=O)[C@H]2CCCC[C@@H]2C1=O)c1ccccc1. The maximum Gasteiger partial charge on any atom is 0.240 e. The van der Waals surface area contributed by atoms with E-state index in [0.29, 0.717) is 0 Å². The van der Waals surface area contributed by atoms with Crippen LogP contribution in [0.4, 0.5) is 0 Å². The van der Waals surface area contributed by atoms with Crippen molar-refractivity contribution in [3.05, 3.63) is 35.9 Å². The van der Waals surface area contributed by atoms with Gasteiger partial charge < -0.3 is 5.32 Å². The van der Waals surface area contributed by atoms with Crippen LogP contribution in [0.25, 0.3) is 0 Å². The molecule has 3 rings (SSSR count). The van der Waals surface area contributed by atoms with Gasteiger partial charge in [0.25, 0.3) is 0 Å². The molecule has 1 aliphatic heterocycles. The summed E-state index contributed by atoms with van der Waals surface area (Å²) in [4.78, 5) is 38.1. The minimum atomic E-state index is -0.290. The van der Waals surface area contributed by atoms with E-state index in [1.165, 1.54) is 0 Å². The summed E-state index contributed by atoms with van der Waals surface area (Å²) in [5.74, 6) is -1.02. The van der Waals surface area contributed by atoms with Crippen molar-refractivity contribution in [1.29, 1.82) is 0 Å². The van der Waals surface area contributed by atoms with Crippen molar-refractivity contribution in [2.45, 2.75) is 38.6 Å². The number of fused-ring (bicyclic) bond motifs is 1. The van der Waals surface area contributed by atoms with Crippen LogP contribution in [0.15, 0.2) is 30.3 Å². The van der Waals surface area contributed by atoms with E-state index in [2.05, 4.69) is 5.32 Å². The lowest BCUT2D eigenvalue weighted by Gasteiger charge is -2.19. The number of nitrogens with one attached hydrogen (secondary N) is 1. The van der Waals surface area contributed by atoms with Crippen LogP contribution in [0, 0.1) is 11.8 Å². The van der Waals surface area contributed by atoms with Crippen LogP contribution in [-0.4, -0.2) is 29.2 Å². The first-order chi connectivity index (χ1) is 11.1. The molecule has 5 nitrogen and oxygen atoms in total. The highest BCUT2D eigenvalue weighted by Gasteiger charge is 2.48. The molecule has 0 radical (unpaired) electrons. The molecule has 0 unspecified atom stereocenters. The molecule has 2 aliphatic rings. The van der Waals surface area contributed by atoms with E-state index in [1.807, 2.05) is 37.3 Å². The van der Waals surface area contributed by atoms with Crippen LogP contribution in [0.5, 0.6) is 0 Å². The molecule has 3 amide bonds. The zero-order valence-electron chi connectivity index (χ0n) is 13.3. The summed E-state index contributed by atoms with van der Waals surface area (Å²) in [7, 11) is 0. The Bertz CT molecular complexity index is 590. The molecule has 5 heteroatoms. The van der Waals surface area contributed by atoms with Crippen LogP contribution >= 0.6 is 0 Å².